The van der Waals surface area contributed by atoms with E-state index in [1.54, 1.807) is 12.1 Å². The van der Waals surface area contributed by atoms with Crippen molar-refractivity contribution < 1.29 is 19.0 Å². The molecule has 20 heavy (non-hydrogen) atoms. The molecule has 0 aliphatic rings. The maximum absolute atomic E-state index is 13.8. The number of aryl methyl sites for hydroxylation is 1. The Labute approximate surface area is 115 Å². The van der Waals surface area contributed by atoms with E-state index in [2.05, 4.69) is 0 Å². The van der Waals surface area contributed by atoms with Gasteiger partial charge in [0.05, 0.1) is 5.56 Å². The first-order chi connectivity index (χ1) is 9.40. The Morgan fingerprint density at radius 1 is 1.25 bits per heavy atom. The Kier molecular flexibility index (Phi) is 3.61. The molecule has 0 amide bonds. The Morgan fingerprint density at radius 2 is 1.95 bits per heavy atom. The number of hydrogen-bond donors (Lipinski definition) is 2. The first kappa shape index (κ1) is 13.9. The average molecular weight is 275 g/mol. The van der Waals surface area contributed by atoms with Gasteiger partial charge in [-0.1, -0.05) is 12.1 Å². The number of ether oxygens (including phenoxy) is 1. The second-order valence-corrected chi connectivity index (χ2v) is 4.48. The molecule has 0 fully saturated rings. The number of benzene rings is 2. The third kappa shape index (κ3) is 2.56. The number of carboxylic acid groups (broad SMARTS) is 1. The van der Waals surface area contributed by atoms with E-state index >= 15 is 0 Å². The summed E-state index contributed by atoms with van der Waals surface area (Å²) < 4.78 is 19.3. The van der Waals surface area contributed by atoms with Crippen LogP contribution >= 0.6 is 0 Å². The minimum Gasteiger partial charge on any atom is -0.478 e. The third-order valence-electron chi connectivity index (χ3n) is 3.11. The Morgan fingerprint density at radius 3 is 2.60 bits per heavy atom. The van der Waals surface area contributed by atoms with Crippen LogP contribution in [0.2, 0.25) is 0 Å². The number of anilines is 1. The van der Waals surface area contributed by atoms with Crippen LogP contribution in [0.15, 0.2) is 30.3 Å². The van der Waals surface area contributed by atoms with E-state index in [0.29, 0.717) is 5.75 Å². The molecule has 0 aliphatic heterocycles. The SMILES string of the molecule is Cc1cccc(Oc2cc(C(=O)O)c(N)cc2F)c1C. The van der Waals surface area contributed by atoms with Crippen LogP contribution in [-0.2, 0) is 0 Å². The highest BCUT2D eigenvalue weighted by molar-refractivity contribution is 5.94. The van der Waals surface area contributed by atoms with Crippen molar-refractivity contribution in [2.24, 2.45) is 0 Å². The highest BCUT2D eigenvalue weighted by Gasteiger charge is 2.15. The fourth-order valence-electron chi connectivity index (χ4n) is 1.79. The molecule has 0 saturated heterocycles. The zero-order valence-corrected chi connectivity index (χ0v) is 11.1. The topological polar surface area (TPSA) is 72.5 Å². The van der Waals surface area contributed by atoms with E-state index in [0.717, 1.165) is 23.3 Å². The summed E-state index contributed by atoms with van der Waals surface area (Å²) in [6.07, 6.45) is 0. The van der Waals surface area contributed by atoms with Gasteiger partial charge in [-0.3, -0.25) is 0 Å². The summed E-state index contributed by atoms with van der Waals surface area (Å²) in [7, 11) is 0. The molecule has 0 spiro atoms. The predicted octanol–water partition coefficient (Wildman–Crippen LogP) is 3.52. The molecule has 0 bridgehead atoms. The highest BCUT2D eigenvalue weighted by atomic mass is 19.1. The maximum atomic E-state index is 13.8. The lowest BCUT2D eigenvalue weighted by atomic mass is 10.1. The van der Waals surface area contributed by atoms with Crippen molar-refractivity contribution in [2.45, 2.75) is 13.8 Å². The number of carboxylic acids is 1. The molecule has 2 rings (SSSR count). The van der Waals surface area contributed by atoms with Crippen LogP contribution in [0.25, 0.3) is 0 Å². The van der Waals surface area contributed by atoms with Gasteiger partial charge in [-0.05, 0) is 31.0 Å². The van der Waals surface area contributed by atoms with Gasteiger partial charge >= 0.3 is 5.97 Å². The van der Waals surface area contributed by atoms with Gasteiger partial charge in [0.2, 0.25) is 0 Å². The van der Waals surface area contributed by atoms with Crippen molar-refractivity contribution >= 4 is 11.7 Å². The standard InChI is InChI=1S/C15H14FNO3/c1-8-4-3-5-13(9(8)2)20-14-6-10(15(18)19)12(17)7-11(14)16/h3-7H,17H2,1-2H3,(H,18,19). The molecule has 5 heteroatoms. The fourth-order valence-corrected chi connectivity index (χ4v) is 1.79. The number of nitrogens with two attached hydrogens (primary N) is 1. The summed E-state index contributed by atoms with van der Waals surface area (Å²) in [6, 6.07) is 7.42. The summed E-state index contributed by atoms with van der Waals surface area (Å²) in [5.41, 5.74) is 7.00. The van der Waals surface area contributed by atoms with E-state index in [1.807, 2.05) is 19.9 Å². The predicted molar refractivity (Wildman–Crippen MR) is 73.8 cm³/mol. The van der Waals surface area contributed by atoms with E-state index in [1.165, 1.54) is 0 Å². The Bertz CT molecular complexity index is 683. The molecule has 104 valence electrons. The van der Waals surface area contributed by atoms with Crippen LogP contribution in [0.1, 0.15) is 21.5 Å². The number of carbonyl (C=O) groups is 1. The van der Waals surface area contributed by atoms with Crippen LogP contribution in [0.4, 0.5) is 10.1 Å². The highest BCUT2D eigenvalue weighted by Crippen LogP contribution is 2.31. The zero-order chi connectivity index (χ0) is 14.9. The minimum atomic E-state index is -1.23. The molecular formula is C15H14FNO3. The van der Waals surface area contributed by atoms with Gasteiger partial charge in [0.15, 0.2) is 11.6 Å². The number of rotatable bonds is 3. The van der Waals surface area contributed by atoms with Crippen molar-refractivity contribution in [3.63, 3.8) is 0 Å². The normalized spacial score (nSPS) is 10.3. The first-order valence-electron chi connectivity index (χ1n) is 5.96. The first-order valence-corrected chi connectivity index (χ1v) is 5.96. The summed E-state index contributed by atoms with van der Waals surface area (Å²) >= 11 is 0. The van der Waals surface area contributed by atoms with Crippen molar-refractivity contribution in [1.29, 1.82) is 0 Å². The molecular weight excluding hydrogens is 261 g/mol. The van der Waals surface area contributed by atoms with Gasteiger partial charge in [0.25, 0.3) is 0 Å². The lowest BCUT2D eigenvalue weighted by Crippen LogP contribution is -2.04. The molecule has 0 heterocycles. The van der Waals surface area contributed by atoms with E-state index in [9.17, 15) is 9.18 Å². The maximum Gasteiger partial charge on any atom is 0.337 e. The number of hydrogen-bond acceptors (Lipinski definition) is 3. The minimum absolute atomic E-state index is 0.136. The quantitative estimate of drug-likeness (QED) is 0.841. The van der Waals surface area contributed by atoms with Gasteiger partial charge in [0.1, 0.15) is 5.75 Å². The van der Waals surface area contributed by atoms with Crippen LogP contribution in [0.5, 0.6) is 11.5 Å². The molecule has 0 aromatic heterocycles. The van der Waals surface area contributed by atoms with E-state index < -0.39 is 11.8 Å². The van der Waals surface area contributed by atoms with Crippen molar-refractivity contribution in [3.8, 4) is 11.5 Å². The molecule has 3 N–H and O–H groups in total. The fraction of sp³-hybridized carbons (Fsp3) is 0.133. The van der Waals surface area contributed by atoms with Crippen LogP contribution in [0, 0.1) is 19.7 Å². The summed E-state index contributed by atoms with van der Waals surface area (Å²) in [5.74, 6) is -1.61. The van der Waals surface area contributed by atoms with Gasteiger partial charge in [-0.15, -0.1) is 0 Å². The van der Waals surface area contributed by atoms with Crippen LogP contribution < -0.4 is 10.5 Å². The largest absolute Gasteiger partial charge is 0.478 e. The van der Waals surface area contributed by atoms with Crippen molar-refractivity contribution in [2.75, 3.05) is 5.73 Å². The number of nitrogen functional groups attached to an aromatic ring is 1. The number of halogens is 1. The van der Waals surface area contributed by atoms with Crippen LogP contribution in [-0.4, -0.2) is 11.1 Å². The Balaban J connectivity index is 2.46. The molecule has 0 radical (unpaired) electrons. The molecule has 0 unspecified atom stereocenters. The molecule has 2 aromatic carbocycles. The number of aromatic carboxylic acids is 1. The third-order valence-corrected chi connectivity index (χ3v) is 3.11. The smallest absolute Gasteiger partial charge is 0.337 e. The summed E-state index contributed by atoms with van der Waals surface area (Å²) in [6.45, 7) is 3.75. The molecule has 0 atom stereocenters. The van der Waals surface area contributed by atoms with Gasteiger partial charge in [-0.2, -0.15) is 0 Å². The molecule has 4 nitrogen and oxygen atoms in total. The molecule has 2 aromatic rings. The summed E-state index contributed by atoms with van der Waals surface area (Å²) in [4.78, 5) is 11.0. The Hall–Kier alpha value is -2.56. The molecule has 0 aliphatic carbocycles. The second-order valence-electron chi connectivity index (χ2n) is 4.48. The van der Waals surface area contributed by atoms with Crippen LogP contribution in [0.3, 0.4) is 0 Å². The zero-order valence-electron chi connectivity index (χ0n) is 11.1. The van der Waals surface area contributed by atoms with E-state index in [-0.39, 0.29) is 17.0 Å². The molecule has 0 saturated carbocycles. The van der Waals surface area contributed by atoms with Crippen molar-refractivity contribution in [1.82, 2.24) is 0 Å². The van der Waals surface area contributed by atoms with Gasteiger partial charge < -0.3 is 15.6 Å². The lowest BCUT2D eigenvalue weighted by Gasteiger charge is -2.12. The van der Waals surface area contributed by atoms with Crippen molar-refractivity contribution in [3.05, 3.63) is 52.8 Å². The van der Waals surface area contributed by atoms with Gasteiger partial charge in [-0.25, -0.2) is 9.18 Å². The van der Waals surface area contributed by atoms with Gasteiger partial charge in [0, 0.05) is 17.8 Å². The lowest BCUT2D eigenvalue weighted by molar-refractivity contribution is 0.0697. The monoisotopic (exact) mass is 275 g/mol. The second kappa shape index (κ2) is 5.21. The average Bonchev–Trinajstić information content (AvgIpc) is 2.37. The summed E-state index contributed by atoms with van der Waals surface area (Å²) in [5, 5.41) is 8.99. The van der Waals surface area contributed by atoms with E-state index in [4.69, 9.17) is 15.6 Å².